The van der Waals surface area contributed by atoms with Gasteiger partial charge in [0, 0.05) is 4.43 Å². The molecule has 1 rings (SSSR count). The van der Waals surface area contributed by atoms with E-state index in [1.807, 2.05) is 0 Å². The van der Waals surface area contributed by atoms with Gasteiger partial charge in [-0.3, -0.25) is 0 Å². The molecule has 0 saturated carbocycles. The van der Waals surface area contributed by atoms with Crippen LogP contribution < -0.4 is 0 Å². The van der Waals surface area contributed by atoms with E-state index < -0.39 is 0 Å². The van der Waals surface area contributed by atoms with Gasteiger partial charge in [-0.05, 0) is 6.42 Å². The Balaban J connectivity index is 2.40. The third-order valence-corrected chi connectivity index (χ3v) is 2.83. The van der Waals surface area contributed by atoms with Crippen LogP contribution in [0.1, 0.15) is 6.42 Å². The summed E-state index contributed by atoms with van der Waals surface area (Å²) in [7, 11) is 0. The Morgan fingerprint density at radius 3 is 2.50 bits per heavy atom. The Morgan fingerprint density at radius 2 is 2.33 bits per heavy atom. The van der Waals surface area contributed by atoms with Gasteiger partial charge in [0.15, 0.2) is 0 Å². The number of hydrogen-bond acceptors (Lipinski definition) is 0. The van der Waals surface area contributed by atoms with Crippen LogP contribution in [-0.2, 0) is 0 Å². The lowest BCUT2D eigenvalue weighted by Crippen LogP contribution is -1.72. The molecule has 0 unspecified atom stereocenters. The topological polar surface area (TPSA) is 0 Å². The van der Waals surface area contributed by atoms with E-state index in [9.17, 15) is 0 Å². The van der Waals surface area contributed by atoms with Crippen LogP contribution in [0, 0.1) is 0 Å². The van der Waals surface area contributed by atoms with E-state index >= 15 is 0 Å². The molecule has 0 atom stereocenters. The van der Waals surface area contributed by atoms with E-state index in [-0.39, 0.29) is 0 Å². The van der Waals surface area contributed by atoms with E-state index in [1.165, 1.54) is 10.8 Å². The van der Waals surface area contributed by atoms with E-state index in [1.54, 1.807) is 0 Å². The Kier molecular flexibility index (Phi) is 1.88. The summed E-state index contributed by atoms with van der Waals surface area (Å²) in [6.45, 7) is 0. The SMILES string of the molecule is C1=CCI=CC1. The molecule has 1 heterocycles. The predicted octanol–water partition coefficient (Wildman–Crippen LogP) is 1.72. The zero-order valence-electron chi connectivity index (χ0n) is 3.52. The van der Waals surface area contributed by atoms with Gasteiger partial charge in [0.05, 0.1) is 0 Å². The predicted molar refractivity (Wildman–Crippen MR) is 38.7 cm³/mol. The molecule has 0 nitrogen and oxygen atoms in total. The van der Waals surface area contributed by atoms with Crippen molar-refractivity contribution in [3.05, 3.63) is 12.2 Å². The number of alkyl halides is 1. The lowest BCUT2D eigenvalue weighted by molar-refractivity contribution is 1.54. The largest absolute Gasteiger partial charge is 0.123 e. The van der Waals surface area contributed by atoms with Crippen molar-refractivity contribution in [1.82, 2.24) is 0 Å². The van der Waals surface area contributed by atoms with Crippen LogP contribution in [0.25, 0.3) is 0 Å². The van der Waals surface area contributed by atoms with Crippen molar-refractivity contribution in [2.45, 2.75) is 6.42 Å². The first kappa shape index (κ1) is 4.50. The molecule has 6 heavy (non-hydrogen) atoms. The van der Waals surface area contributed by atoms with E-state index in [4.69, 9.17) is 0 Å². The molecule has 0 amide bonds. The number of rotatable bonds is 0. The van der Waals surface area contributed by atoms with Gasteiger partial charge in [0.1, 0.15) is 0 Å². The minimum Gasteiger partial charge on any atom is -0.123 e. The highest BCUT2D eigenvalue weighted by atomic mass is 127. The Labute approximate surface area is 48.0 Å². The molecule has 0 radical (unpaired) electrons. The maximum absolute atomic E-state index is 2.42. The molecule has 0 aromatic carbocycles. The molecule has 0 aliphatic carbocycles. The van der Waals surface area contributed by atoms with Crippen molar-refractivity contribution in [2.24, 2.45) is 0 Å². The normalized spacial score (nSPS) is 20.0. The molecule has 0 aromatic heterocycles. The highest BCUT2D eigenvalue weighted by Gasteiger charge is 1.76. The highest BCUT2D eigenvalue weighted by Crippen LogP contribution is 2.01. The second kappa shape index (κ2) is 2.50. The second-order valence-corrected chi connectivity index (χ2v) is 3.81. The monoisotopic (exact) mass is 194 g/mol. The third-order valence-electron chi connectivity index (χ3n) is 0.679. The van der Waals surface area contributed by atoms with Gasteiger partial charge in [-0.2, -0.15) is 0 Å². The zero-order valence-corrected chi connectivity index (χ0v) is 5.68. The average molecular weight is 194 g/mol. The van der Waals surface area contributed by atoms with Crippen LogP contribution in [0.2, 0.25) is 0 Å². The van der Waals surface area contributed by atoms with Crippen molar-refractivity contribution in [2.75, 3.05) is 4.43 Å². The third kappa shape index (κ3) is 1.20. The van der Waals surface area contributed by atoms with Crippen molar-refractivity contribution in [3.8, 4) is 0 Å². The number of allylic oxidation sites excluding steroid dienone is 2. The fourth-order valence-electron chi connectivity index (χ4n) is 0.388. The molecule has 1 aliphatic rings. The molecule has 34 valence electrons. The molecular formula is C5H7I. The van der Waals surface area contributed by atoms with E-state index in [0.29, 0.717) is 20.7 Å². The van der Waals surface area contributed by atoms with Crippen LogP contribution >= 0.6 is 20.7 Å². The molecule has 0 spiro atoms. The summed E-state index contributed by atoms with van der Waals surface area (Å²) in [5.41, 5.74) is 0. The summed E-state index contributed by atoms with van der Waals surface area (Å²) < 4.78 is 3.79. The van der Waals surface area contributed by atoms with E-state index in [2.05, 4.69) is 16.2 Å². The number of hydrogen-bond donors (Lipinski definition) is 0. The zero-order chi connectivity index (χ0) is 4.24. The Hall–Kier alpha value is 0.340. The lowest BCUT2D eigenvalue weighted by Gasteiger charge is -1.86. The summed E-state index contributed by atoms with van der Waals surface area (Å²) in [6, 6.07) is 0. The van der Waals surface area contributed by atoms with Gasteiger partial charge < -0.3 is 0 Å². The van der Waals surface area contributed by atoms with E-state index in [0.717, 1.165) is 0 Å². The van der Waals surface area contributed by atoms with Crippen LogP contribution in [0.15, 0.2) is 12.2 Å². The quantitative estimate of drug-likeness (QED) is 0.313. The maximum atomic E-state index is 2.42. The van der Waals surface area contributed by atoms with Crippen molar-refractivity contribution in [3.63, 3.8) is 0 Å². The van der Waals surface area contributed by atoms with Gasteiger partial charge in [-0.25, -0.2) is 0 Å². The summed E-state index contributed by atoms with van der Waals surface area (Å²) in [5.74, 6) is 0. The fourth-order valence-corrected chi connectivity index (χ4v) is 2.05. The van der Waals surface area contributed by atoms with Crippen LogP contribution in [0.4, 0.5) is 0 Å². The van der Waals surface area contributed by atoms with Crippen LogP contribution in [0.5, 0.6) is 0 Å². The standard InChI is InChI=1S/C5H7I/c1-2-4-6-5-3-1/h1-2,5H,3-4H2. The van der Waals surface area contributed by atoms with Crippen molar-refractivity contribution >= 4 is 24.7 Å². The van der Waals surface area contributed by atoms with Gasteiger partial charge >= 0.3 is 0 Å². The summed E-state index contributed by atoms with van der Waals surface area (Å²) in [6.07, 6.45) is 5.77. The molecular weight excluding hydrogens is 187 g/mol. The molecule has 0 saturated heterocycles. The molecule has 0 fully saturated rings. The van der Waals surface area contributed by atoms with Gasteiger partial charge in [-0.15, -0.1) is 20.7 Å². The Bertz CT molecular complexity index is 61.9. The first-order chi connectivity index (χ1) is 3.00. The lowest BCUT2D eigenvalue weighted by atomic mass is 10.4. The molecule has 0 aromatic rings. The van der Waals surface area contributed by atoms with Gasteiger partial charge in [0.2, 0.25) is 0 Å². The molecule has 0 N–H and O–H groups in total. The summed E-state index contributed by atoms with van der Waals surface area (Å²) >= 11 is 0.503. The maximum Gasteiger partial charge on any atom is 0.0125 e. The van der Waals surface area contributed by atoms with Gasteiger partial charge in [0.25, 0.3) is 0 Å². The highest BCUT2D eigenvalue weighted by molar-refractivity contribution is 14.2. The summed E-state index contributed by atoms with van der Waals surface area (Å²) in [4.78, 5) is 0. The molecule has 0 bridgehead atoms. The van der Waals surface area contributed by atoms with Crippen molar-refractivity contribution < 1.29 is 0 Å². The van der Waals surface area contributed by atoms with Crippen LogP contribution in [-0.4, -0.2) is 8.44 Å². The number of halogens is 1. The Morgan fingerprint density at radius 1 is 1.33 bits per heavy atom. The van der Waals surface area contributed by atoms with Crippen LogP contribution in [0.3, 0.4) is 0 Å². The van der Waals surface area contributed by atoms with Crippen molar-refractivity contribution in [1.29, 1.82) is 0 Å². The molecule has 1 aliphatic heterocycles. The first-order valence-corrected chi connectivity index (χ1v) is 4.81. The minimum absolute atomic E-state index is 0.503. The smallest absolute Gasteiger partial charge is 0.0125 e. The second-order valence-electron chi connectivity index (χ2n) is 1.17. The average Bonchev–Trinajstić information content (AvgIpc) is 1.72. The first-order valence-electron chi connectivity index (χ1n) is 2.04. The van der Waals surface area contributed by atoms with Gasteiger partial charge in [-0.1, -0.05) is 16.2 Å². The molecule has 1 heteroatoms. The fraction of sp³-hybridized carbons (Fsp3) is 0.400. The summed E-state index contributed by atoms with van der Waals surface area (Å²) in [5, 5.41) is 0. The minimum atomic E-state index is 0.503.